The van der Waals surface area contributed by atoms with Crippen molar-refractivity contribution in [3.05, 3.63) is 65.5 Å². The molecule has 2 aliphatic rings. The van der Waals surface area contributed by atoms with Crippen molar-refractivity contribution in [3.63, 3.8) is 0 Å². The van der Waals surface area contributed by atoms with Gasteiger partial charge in [0, 0.05) is 37.8 Å². The van der Waals surface area contributed by atoms with Gasteiger partial charge in [-0.1, -0.05) is 12.1 Å². The van der Waals surface area contributed by atoms with Gasteiger partial charge >= 0.3 is 0 Å². The maximum Gasteiger partial charge on any atom is 0.248 e. The van der Waals surface area contributed by atoms with E-state index in [1.54, 1.807) is 30.3 Å². The van der Waals surface area contributed by atoms with Crippen LogP contribution in [0.3, 0.4) is 0 Å². The number of amides is 1. The third kappa shape index (κ3) is 5.89. The van der Waals surface area contributed by atoms with Crippen LogP contribution in [0.15, 0.2) is 48.5 Å². The average Bonchev–Trinajstić information content (AvgIpc) is 3.21. The smallest absolute Gasteiger partial charge is 0.248 e. The molecule has 0 saturated carbocycles. The van der Waals surface area contributed by atoms with E-state index in [1.165, 1.54) is 6.07 Å². The Morgan fingerprint density at radius 1 is 1.13 bits per heavy atom. The van der Waals surface area contributed by atoms with Gasteiger partial charge in [-0.3, -0.25) is 9.69 Å². The number of rotatable bonds is 7. The number of hydrogen-bond donors (Lipinski definition) is 1. The Balaban J connectivity index is 0.00000171. The van der Waals surface area contributed by atoms with Crippen molar-refractivity contribution in [2.45, 2.75) is 12.5 Å². The van der Waals surface area contributed by atoms with Crippen molar-refractivity contribution < 1.29 is 13.9 Å². The molecular weight excluding hydrogens is 440 g/mol. The zero-order valence-electron chi connectivity index (χ0n) is 17.6. The number of carbonyl (C=O) groups is 1. The highest BCUT2D eigenvalue weighted by atomic mass is 35.5. The number of primary amides is 1. The van der Waals surface area contributed by atoms with Crippen molar-refractivity contribution in [2.24, 2.45) is 17.6 Å². The summed E-state index contributed by atoms with van der Waals surface area (Å²) in [6, 6.07) is 14.3. The number of hydrogen-bond acceptors (Lipinski definition) is 4. The summed E-state index contributed by atoms with van der Waals surface area (Å²) in [5.41, 5.74) is 6.82. The van der Waals surface area contributed by atoms with Crippen LogP contribution in [0.1, 0.15) is 28.4 Å². The van der Waals surface area contributed by atoms with E-state index in [9.17, 15) is 9.18 Å². The molecule has 8 heteroatoms. The summed E-state index contributed by atoms with van der Waals surface area (Å²) in [6.45, 7) is 4.82. The van der Waals surface area contributed by atoms with Crippen molar-refractivity contribution in [1.82, 2.24) is 9.80 Å². The Kier molecular flexibility index (Phi) is 9.13. The van der Waals surface area contributed by atoms with Crippen molar-refractivity contribution in [2.75, 3.05) is 39.8 Å². The van der Waals surface area contributed by atoms with Crippen LogP contribution in [0.4, 0.5) is 4.39 Å². The second-order valence-electron chi connectivity index (χ2n) is 8.21. The molecule has 2 N–H and O–H groups in total. The zero-order valence-corrected chi connectivity index (χ0v) is 19.2. The van der Waals surface area contributed by atoms with Crippen LogP contribution in [-0.2, 0) is 0 Å². The summed E-state index contributed by atoms with van der Waals surface area (Å²) < 4.78 is 19.5. The maximum absolute atomic E-state index is 13.7. The minimum Gasteiger partial charge on any atom is -0.494 e. The van der Waals surface area contributed by atoms with Crippen LogP contribution < -0.4 is 10.5 Å². The third-order valence-corrected chi connectivity index (χ3v) is 6.19. The maximum atomic E-state index is 13.7. The minimum absolute atomic E-state index is 0. The lowest BCUT2D eigenvalue weighted by Gasteiger charge is -2.27. The van der Waals surface area contributed by atoms with E-state index < -0.39 is 5.91 Å². The van der Waals surface area contributed by atoms with Crippen LogP contribution in [0.2, 0.25) is 0 Å². The third-order valence-electron chi connectivity index (χ3n) is 6.19. The highest BCUT2D eigenvalue weighted by Crippen LogP contribution is 2.44. The first-order valence-corrected chi connectivity index (χ1v) is 10.2. The molecule has 1 amide bonds. The first-order chi connectivity index (χ1) is 14.0. The lowest BCUT2D eigenvalue weighted by Crippen LogP contribution is -2.30. The molecule has 2 aromatic rings. The molecule has 2 aliphatic heterocycles. The summed E-state index contributed by atoms with van der Waals surface area (Å²) in [7, 11) is 2.15. The number of likely N-dealkylation sites (tertiary alicyclic amines) is 2. The van der Waals surface area contributed by atoms with Crippen LogP contribution >= 0.6 is 24.8 Å². The predicted octanol–water partition coefficient (Wildman–Crippen LogP) is 3.77. The Morgan fingerprint density at radius 2 is 1.87 bits per heavy atom. The monoisotopic (exact) mass is 469 g/mol. The average molecular weight is 470 g/mol. The lowest BCUT2D eigenvalue weighted by atomic mass is 9.89. The van der Waals surface area contributed by atoms with Crippen LogP contribution in [0, 0.1) is 17.7 Å². The van der Waals surface area contributed by atoms with Crippen molar-refractivity contribution in [1.29, 1.82) is 0 Å². The molecule has 2 aromatic carbocycles. The predicted molar refractivity (Wildman–Crippen MR) is 125 cm³/mol. The van der Waals surface area contributed by atoms with Gasteiger partial charge in [-0.25, -0.2) is 4.39 Å². The Bertz CT molecular complexity index is 868. The molecule has 0 aliphatic carbocycles. The first kappa shape index (κ1) is 25.4. The van der Waals surface area contributed by atoms with Gasteiger partial charge in [-0.15, -0.1) is 24.8 Å². The number of fused-ring (bicyclic) bond motifs is 1. The van der Waals surface area contributed by atoms with Gasteiger partial charge in [-0.2, -0.15) is 0 Å². The van der Waals surface area contributed by atoms with E-state index in [-0.39, 0.29) is 30.6 Å². The molecule has 0 aromatic heterocycles. The summed E-state index contributed by atoms with van der Waals surface area (Å²) in [6.07, 6.45) is 0.942. The number of benzene rings is 2. The second kappa shape index (κ2) is 11.1. The molecule has 170 valence electrons. The number of halogens is 3. The summed E-state index contributed by atoms with van der Waals surface area (Å²) in [5, 5.41) is 0. The highest BCUT2D eigenvalue weighted by molar-refractivity contribution is 5.92. The van der Waals surface area contributed by atoms with E-state index in [1.807, 2.05) is 12.1 Å². The van der Waals surface area contributed by atoms with E-state index >= 15 is 0 Å². The van der Waals surface area contributed by atoms with Gasteiger partial charge in [0.25, 0.3) is 0 Å². The van der Waals surface area contributed by atoms with Gasteiger partial charge < -0.3 is 15.4 Å². The largest absolute Gasteiger partial charge is 0.494 e. The summed E-state index contributed by atoms with van der Waals surface area (Å²) in [4.78, 5) is 16.0. The van der Waals surface area contributed by atoms with E-state index in [0.717, 1.165) is 43.9 Å². The topological polar surface area (TPSA) is 58.8 Å². The molecule has 0 spiro atoms. The lowest BCUT2D eigenvalue weighted by molar-refractivity contribution is 0.1000. The van der Waals surface area contributed by atoms with Crippen molar-refractivity contribution >= 4 is 30.7 Å². The van der Waals surface area contributed by atoms with E-state index in [2.05, 4.69) is 16.8 Å². The molecule has 31 heavy (non-hydrogen) atoms. The molecule has 2 fully saturated rings. The standard InChI is InChI=1S/C23H28FN3O2.2ClH/c1-26-13-18-14-27(15-21(18)22(26)17-4-2-5-19(24)12-17)10-3-11-29-20-8-6-16(7-9-20)23(25)28;;/h2,4-9,12,18,21-22H,3,10-11,13-15H2,1H3,(H2,25,28);2*1H/t18-,21+,22-;;/m0../s1. The minimum atomic E-state index is -0.432. The van der Waals surface area contributed by atoms with Crippen molar-refractivity contribution in [3.8, 4) is 5.75 Å². The Hall–Kier alpha value is -1.86. The fourth-order valence-electron chi connectivity index (χ4n) is 4.92. The van der Waals surface area contributed by atoms with E-state index in [0.29, 0.717) is 30.0 Å². The fraction of sp³-hybridized carbons (Fsp3) is 0.435. The van der Waals surface area contributed by atoms with Crippen LogP contribution in [0.25, 0.3) is 0 Å². The highest BCUT2D eigenvalue weighted by Gasteiger charge is 2.45. The quantitative estimate of drug-likeness (QED) is 0.626. The second-order valence-corrected chi connectivity index (χ2v) is 8.21. The first-order valence-electron chi connectivity index (χ1n) is 10.2. The normalized spacial score (nSPS) is 23.0. The number of carbonyl (C=O) groups excluding carboxylic acids is 1. The molecule has 0 unspecified atom stereocenters. The van der Waals surface area contributed by atoms with Gasteiger partial charge in [0.2, 0.25) is 5.91 Å². The summed E-state index contributed by atoms with van der Waals surface area (Å²) in [5.74, 6) is 1.34. The molecule has 2 heterocycles. The molecule has 0 bridgehead atoms. The van der Waals surface area contributed by atoms with Gasteiger partial charge in [0.15, 0.2) is 0 Å². The SMILES string of the molecule is CN1C[C@H]2CN(CCCOc3ccc(C(N)=O)cc3)C[C@H]2[C@@H]1c1cccc(F)c1.Cl.Cl. The molecule has 0 radical (unpaired) electrons. The fourth-order valence-corrected chi connectivity index (χ4v) is 4.92. The molecule has 5 nitrogen and oxygen atoms in total. The summed E-state index contributed by atoms with van der Waals surface area (Å²) >= 11 is 0. The molecule has 4 rings (SSSR count). The Morgan fingerprint density at radius 3 is 2.55 bits per heavy atom. The van der Waals surface area contributed by atoms with Gasteiger partial charge in [0.1, 0.15) is 11.6 Å². The number of ether oxygens (including phenoxy) is 1. The van der Waals surface area contributed by atoms with E-state index in [4.69, 9.17) is 10.5 Å². The van der Waals surface area contributed by atoms with Gasteiger partial charge in [-0.05, 0) is 67.3 Å². The zero-order chi connectivity index (χ0) is 20.4. The molecular formula is C23H30Cl2FN3O2. The molecule has 2 saturated heterocycles. The number of nitrogens with zero attached hydrogens (tertiary/aromatic N) is 2. The van der Waals surface area contributed by atoms with Crippen LogP contribution in [0.5, 0.6) is 5.75 Å². The number of nitrogens with two attached hydrogens (primary N) is 1. The van der Waals surface area contributed by atoms with Gasteiger partial charge in [0.05, 0.1) is 6.61 Å². The van der Waals surface area contributed by atoms with Crippen LogP contribution in [-0.4, -0.2) is 55.5 Å². The Labute approximate surface area is 195 Å². The molecule has 3 atom stereocenters.